The number of ether oxygens (including phenoxy) is 1. The number of rotatable bonds is 2. The predicted molar refractivity (Wildman–Crippen MR) is 90.0 cm³/mol. The SMILES string of the molecule is Cc1ccc(Cl)c2sc(N3CCOC(C(=O)N(C)C)C3)nc12. The van der Waals surface area contributed by atoms with E-state index in [9.17, 15) is 4.79 Å². The van der Waals surface area contributed by atoms with Gasteiger partial charge in [0.2, 0.25) is 0 Å². The fraction of sp³-hybridized carbons (Fsp3) is 0.467. The van der Waals surface area contributed by atoms with E-state index in [-0.39, 0.29) is 5.91 Å². The van der Waals surface area contributed by atoms with Crippen molar-refractivity contribution in [1.29, 1.82) is 0 Å². The van der Waals surface area contributed by atoms with Gasteiger partial charge in [0.25, 0.3) is 5.91 Å². The van der Waals surface area contributed by atoms with Gasteiger partial charge in [-0.1, -0.05) is 29.0 Å². The van der Waals surface area contributed by atoms with E-state index in [2.05, 4.69) is 4.90 Å². The maximum atomic E-state index is 12.1. The molecule has 3 rings (SSSR count). The zero-order valence-electron chi connectivity index (χ0n) is 12.8. The number of thiazole rings is 1. The highest BCUT2D eigenvalue weighted by atomic mass is 35.5. The Morgan fingerprint density at radius 1 is 1.50 bits per heavy atom. The second kappa shape index (κ2) is 6.02. The standard InChI is InChI=1S/C15H18ClN3O2S/c1-9-4-5-10(16)13-12(9)17-15(22-13)19-6-7-21-11(8-19)14(20)18(2)3/h4-5,11H,6-8H2,1-3H3. The van der Waals surface area contributed by atoms with Crippen molar-refractivity contribution in [2.75, 3.05) is 38.7 Å². The molecule has 0 N–H and O–H groups in total. The van der Waals surface area contributed by atoms with Crippen LogP contribution in [0.2, 0.25) is 5.02 Å². The number of morpholine rings is 1. The normalized spacial score (nSPS) is 18.7. The summed E-state index contributed by atoms with van der Waals surface area (Å²) in [6.07, 6.45) is -0.438. The van der Waals surface area contributed by atoms with Crippen LogP contribution in [0.5, 0.6) is 0 Å². The van der Waals surface area contributed by atoms with E-state index in [1.54, 1.807) is 30.3 Å². The maximum absolute atomic E-state index is 12.1. The molecule has 1 saturated heterocycles. The lowest BCUT2D eigenvalue weighted by Crippen LogP contribution is -2.49. The summed E-state index contributed by atoms with van der Waals surface area (Å²) < 4.78 is 6.59. The predicted octanol–water partition coefficient (Wildman–Crippen LogP) is 2.55. The number of hydrogen-bond acceptors (Lipinski definition) is 5. The van der Waals surface area contributed by atoms with E-state index in [1.165, 1.54) is 0 Å². The molecule has 1 aromatic heterocycles. The minimum atomic E-state index is -0.438. The Balaban J connectivity index is 1.89. The monoisotopic (exact) mass is 339 g/mol. The van der Waals surface area contributed by atoms with Gasteiger partial charge in [-0.15, -0.1) is 0 Å². The lowest BCUT2D eigenvalue weighted by Gasteiger charge is -2.33. The van der Waals surface area contributed by atoms with Crippen LogP contribution >= 0.6 is 22.9 Å². The molecule has 1 aliphatic rings. The molecule has 2 aromatic rings. The van der Waals surface area contributed by atoms with Gasteiger partial charge in [-0.3, -0.25) is 4.79 Å². The Hall–Kier alpha value is -1.37. The molecule has 0 aliphatic carbocycles. The van der Waals surface area contributed by atoms with Crippen molar-refractivity contribution >= 4 is 44.2 Å². The number of nitrogens with zero attached hydrogens (tertiary/aromatic N) is 3. The van der Waals surface area contributed by atoms with E-state index in [4.69, 9.17) is 21.3 Å². The molecule has 1 aliphatic heterocycles. The van der Waals surface area contributed by atoms with Crippen molar-refractivity contribution in [2.24, 2.45) is 0 Å². The van der Waals surface area contributed by atoms with E-state index < -0.39 is 6.10 Å². The van der Waals surface area contributed by atoms with Gasteiger partial charge in [-0.05, 0) is 18.6 Å². The van der Waals surface area contributed by atoms with Crippen molar-refractivity contribution in [3.8, 4) is 0 Å². The fourth-order valence-electron chi connectivity index (χ4n) is 2.49. The Labute approximate surface area is 138 Å². The highest BCUT2D eigenvalue weighted by Gasteiger charge is 2.29. The van der Waals surface area contributed by atoms with E-state index in [0.29, 0.717) is 13.2 Å². The number of halogens is 1. The van der Waals surface area contributed by atoms with Gasteiger partial charge in [-0.2, -0.15) is 0 Å². The molecule has 1 atom stereocenters. The first kappa shape index (κ1) is 15.5. The molecule has 0 spiro atoms. The van der Waals surface area contributed by atoms with Gasteiger partial charge < -0.3 is 14.5 Å². The lowest BCUT2D eigenvalue weighted by atomic mass is 10.2. The quantitative estimate of drug-likeness (QED) is 0.843. The molecule has 0 radical (unpaired) electrons. The topological polar surface area (TPSA) is 45.7 Å². The number of amides is 1. The smallest absolute Gasteiger partial charge is 0.253 e. The van der Waals surface area contributed by atoms with Gasteiger partial charge in [0.1, 0.15) is 0 Å². The molecule has 1 unspecified atom stereocenters. The molecule has 5 nitrogen and oxygen atoms in total. The van der Waals surface area contributed by atoms with Crippen molar-refractivity contribution in [3.63, 3.8) is 0 Å². The van der Waals surface area contributed by atoms with Crippen molar-refractivity contribution in [3.05, 3.63) is 22.7 Å². The highest BCUT2D eigenvalue weighted by molar-refractivity contribution is 7.22. The maximum Gasteiger partial charge on any atom is 0.253 e. The average Bonchev–Trinajstić information content (AvgIpc) is 2.97. The first-order chi connectivity index (χ1) is 10.5. The minimum absolute atomic E-state index is 0.0139. The zero-order chi connectivity index (χ0) is 15.9. The fourth-order valence-corrected chi connectivity index (χ4v) is 3.84. The average molecular weight is 340 g/mol. The summed E-state index contributed by atoms with van der Waals surface area (Å²) in [5, 5.41) is 1.62. The van der Waals surface area contributed by atoms with Gasteiger partial charge >= 0.3 is 0 Å². The molecule has 0 bridgehead atoms. The summed E-state index contributed by atoms with van der Waals surface area (Å²) in [6.45, 7) is 3.80. The Kier molecular flexibility index (Phi) is 4.25. The Morgan fingerprint density at radius 2 is 2.27 bits per heavy atom. The molecule has 2 heterocycles. The highest BCUT2D eigenvalue weighted by Crippen LogP contribution is 2.36. The van der Waals surface area contributed by atoms with Crippen LogP contribution in [0.15, 0.2) is 12.1 Å². The van der Waals surface area contributed by atoms with Crippen LogP contribution in [-0.4, -0.2) is 55.7 Å². The molecular formula is C15H18ClN3O2S. The molecule has 118 valence electrons. The summed E-state index contributed by atoms with van der Waals surface area (Å²) in [7, 11) is 3.48. The largest absolute Gasteiger partial charge is 0.365 e. The van der Waals surface area contributed by atoms with Crippen LogP contribution in [-0.2, 0) is 9.53 Å². The van der Waals surface area contributed by atoms with Gasteiger partial charge in [0.05, 0.1) is 28.4 Å². The second-order valence-electron chi connectivity index (χ2n) is 5.58. The summed E-state index contributed by atoms with van der Waals surface area (Å²) in [6, 6.07) is 3.88. The van der Waals surface area contributed by atoms with Gasteiger partial charge in [-0.25, -0.2) is 4.98 Å². The molecule has 1 amide bonds. The number of aryl methyl sites for hydroxylation is 1. The van der Waals surface area contributed by atoms with Crippen LogP contribution in [0, 0.1) is 6.92 Å². The number of benzene rings is 1. The number of carbonyl (C=O) groups excluding carboxylic acids is 1. The number of likely N-dealkylation sites (N-methyl/N-ethyl adjacent to an activating group) is 1. The molecule has 7 heteroatoms. The summed E-state index contributed by atoms with van der Waals surface area (Å²) in [5.41, 5.74) is 2.05. The lowest BCUT2D eigenvalue weighted by molar-refractivity contribution is -0.141. The number of carbonyl (C=O) groups is 1. The molecule has 1 fully saturated rings. The third kappa shape index (κ3) is 2.78. The van der Waals surface area contributed by atoms with Crippen LogP contribution in [0.4, 0.5) is 5.13 Å². The van der Waals surface area contributed by atoms with E-state index in [1.807, 2.05) is 19.1 Å². The van der Waals surface area contributed by atoms with Crippen molar-refractivity contribution < 1.29 is 9.53 Å². The van der Waals surface area contributed by atoms with Gasteiger partial charge in [0, 0.05) is 20.6 Å². The first-order valence-electron chi connectivity index (χ1n) is 7.10. The summed E-state index contributed by atoms with van der Waals surface area (Å²) in [4.78, 5) is 20.5. The number of fused-ring (bicyclic) bond motifs is 1. The molecular weight excluding hydrogens is 322 g/mol. The van der Waals surface area contributed by atoms with Crippen LogP contribution in [0.3, 0.4) is 0 Å². The number of anilines is 1. The van der Waals surface area contributed by atoms with Crippen LogP contribution in [0.1, 0.15) is 5.56 Å². The third-order valence-corrected chi connectivity index (χ3v) is 5.32. The summed E-state index contributed by atoms with van der Waals surface area (Å²) in [5.74, 6) is -0.0139. The van der Waals surface area contributed by atoms with E-state index >= 15 is 0 Å². The third-order valence-electron chi connectivity index (χ3n) is 3.74. The molecule has 1 aromatic carbocycles. The minimum Gasteiger partial charge on any atom is -0.365 e. The van der Waals surface area contributed by atoms with Crippen molar-refractivity contribution in [2.45, 2.75) is 13.0 Å². The van der Waals surface area contributed by atoms with Gasteiger partial charge in [0.15, 0.2) is 11.2 Å². The van der Waals surface area contributed by atoms with Crippen molar-refractivity contribution in [1.82, 2.24) is 9.88 Å². The van der Waals surface area contributed by atoms with Crippen LogP contribution in [0.25, 0.3) is 10.2 Å². The first-order valence-corrected chi connectivity index (χ1v) is 8.30. The van der Waals surface area contributed by atoms with E-state index in [0.717, 1.165) is 32.5 Å². The Bertz CT molecular complexity index is 677. The zero-order valence-corrected chi connectivity index (χ0v) is 14.4. The van der Waals surface area contributed by atoms with Crippen LogP contribution < -0.4 is 4.90 Å². The Morgan fingerprint density at radius 3 is 2.95 bits per heavy atom. The second-order valence-corrected chi connectivity index (χ2v) is 6.96. The number of hydrogen-bond donors (Lipinski definition) is 0. The molecule has 22 heavy (non-hydrogen) atoms. The number of aromatic nitrogens is 1. The molecule has 0 saturated carbocycles. The summed E-state index contributed by atoms with van der Waals surface area (Å²) >= 11 is 7.84.